The monoisotopic (exact) mass is 366 g/mol. The lowest BCUT2D eigenvalue weighted by molar-refractivity contribution is 0.0949. The number of hydrogen-bond donors (Lipinski definition) is 2. The van der Waals surface area contributed by atoms with Crippen LogP contribution in [-0.2, 0) is 13.0 Å². The predicted molar refractivity (Wildman–Crippen MR) is 105 cm³/mol. The van der Waals surface area contributed by atoms with Gasteiger partial charge in [0.05, 0.1) is 12.6 Å². The van der Waals surface area contributed by atoms with E-state index >= 15 is 0 Å². The van der Waals surface area contributed by atoms with Crippen molar-refractivity contribution in [1.82, 2.24) is 9.88 Å². The summed E-state index contributed by atoms with van der Waals surface area (Å²) in [6.07, 6.45) is 0.603. The van der Waals surface area contributed by atoms with E-state index in [-0.39, 0.29) is 11.3 Å². The van der Waals surface area contributed by atoms with E-state index in [4.69, 9.17) is 4.74 Å². The maximum atomic E-state index is 12.7. The second-order valence-electron chi connectivity index (χ2n) is 6.14. The highest BCUT2D eigenvalue weighted by molar-refractivity contribution is 6.02. The van der Waals surface area contributed by atoms with Crippen molar-refractivity contribution in [3.05, 3.63) is 70.0 Å². The van der Waals surface area contributed by atoms with Crippen molar-refractivity contribution < 1.29 is 14.6 Å². The molecule has 0 unspecified atom stereocenters. The zero-order chi connectivity index (χ0) is 19.4. The van der Waals surface area contributed by atoms with Gasteiger partial charge in [-0.05, 0) is 43.2 Å². The second kappa shape index (κ2) is 7.95. The van der Waals surface area contributed by atoms with E-state index in [1.54, 1.807) is 31.4 Å². The maximum absolute atomic E-state index is 12.7. The number of rotatable bonds is 6. The number of pyridine rings is 1. The zero-order valence-corrected chi connectivity index (χ0v) is 15.4. The van der Waals surface area contributed by atoms with Crippen LogP contribution in [0, 0.1) is 0 Å². The Labute approximate surface area is 157 Å². The number of aromatic nitrogens is 1. The molecule has 3 aromatic rings. The zero-order valence-electron chi connectivity index (χ0n) is 15.4. The number of hydrogen-bond acceptors (Lipinski definition) is 4. The Morgan fingerprint density at radius 1 is 1.15 bits per heavy atom. The van der Waals surface area contributed by atoms with Crippen molar-refractivity contribution >= 4 is 16.8 Å². The minimum absolute atomic E-state index is 0.217. The van der Waals surface area contributed by atoms with Crippen LogP contribution in [0.5, 0.6) is 11.5 Å². The predicted octanol–water partition coefficient (Wildman–Crippen LogP) is 2.71. The van der Waals surface area contributed by atoms with Gasteiger partial charge in [-0.2, -0.15) is 0 Å². The number of fused-ring (bicyclic) bond motifs is 1. The summed E-state index contributed by atoms with van der Waals surface area (Å²) in [6.45, 7) is 2.59. The summed E-state index contributed by atoms with van der Waals surface area (Å²) >= 11 is 0. The first-order valence-corrected chi connectivity index (χ1v) is 8.82. The van der Waals surface area contributed by atoms with Gasteiger partial charge in [-0.1, -0.05) is 24.3 Å². The molecule has 6 nitrogen and oxygen atoms in total. The van der Waals surface area contributed by atoms with Gasteiger partial charge in [0.2, 0.25) is 0 Å². The number of carbonyl (C=O) groups is 1. The third-order valence-corrected chi connectivity index (χ3v) is 4.55. The van der Waals surface area contributed by atoms with Crippen LogP contribution in [0.25, 0.3) is 10.9 Å². The minimum atomic E-state index is -0.570. The molecule has 1 aromatic heterocycles. The van der Waals surface area contributed by atoms with Crippen molar-refractivity contribution in [1.29, 1.82) is 0 Å². The molecule has 0 saturated carbocycles. The van der Waals surface area contributed by atoms with Gasteiger partial charge in [-0.25, -0.2) is 0 Å². The average molecular weight is 366 g/mol. The summed E-state index contributed by atoms with van der Waals surface area (Å²) < 4.78 is 6.61. The van der Waals surface area contributed by atoms with E-state index in [0.717, 1.165) is 11.3 Å². The third kappa shape index (κ3) is 3.65. The first-order valence-electron chi connectivity index (χ1n) is 8.82. The van der Waals surface area contributed by atoms with E-state index in [1.807, 2.05) is 31.2 Å². The fraction of sp³-hybridized carbons (Fsp3) is 0.238. The van der Waals surface area contributed by atoms with Gasteiger partial charge < -0.3 is 19.7 Å². The molecule has 0 saturated heterocycles. The fourth-order valence-electron chi connectivity index (χ4n) is 3.11. The number of nitrogens with one attached hydrogen (secondary N) is 1. The summed E-state index contributed by atoms with van der Waals surface area (Å²) in [4.78, 5) is 25.3. The molecule has 140 valence electrons. The Bertz CT molecular complexity index is 1020. The topological polar surface area (TPSA) is 80.6 Å². The summed E-state index contributed by atoms with van der Waals surface area (Å²) in [5, 5.41) is 13.7. The lowest BCUT2D eigenvalue weighted by Crippen LogP contribution is -2.34. The average Bonchev–Trinajstić information content (AvgIpc) is 2.69. The van der Waals surface area contributed by atoms with Gasteiger partial charge in [-0.3, -0.25) is 9.59 Å². The summed E-state index contributed by atoms with van der Waals surface area (Å²) in [5.74, 6) is -0.0785. The van der Waals surface area contributed by atoms with Gasteiger partial charge in [0.15, 0.2) is 0 Å². The molecule has 3 rings (SSSR count). The molecule has 2 N–H and O–H groups in total. The number of aromatic hydroxyl groups is 1. The minimum Gasteiger partial charge on any atom is -0.506 e. The van der Waals surface area contributed by atoms with Gasteiger partial charge >= 0.3 is 0 Å². The molecule has 0 aliphatic rings. The van der Waals surface area contributed by atoms with Gasteiger partial charge in [0.25, 0.3) is 11.5 Å². The van der Waals surface area contributed by atoms with Crippen molar-refractivity contribution in [2.45, 2.75) is 19.9 Å². The molecule has 6 heteroatoms. The number of para-hydroxylation sites is 1. The summed E-state index contributed by atoms with van der Waals surface area (Å²) in [5.41, 5.74) is 0.933. The highest BCUT2D eigenvalue weighted by Gasteiger charge is 2.21. The Kier molecular flexibility index (Phi) is 5.45. The van der Waals surface area contributed by atoms with Crippen LogP contribution in [0.15, 0.2) is 53.3 Å². The van der Waals surface area contributed by atoms with Crippen LogP contribution in [-0.4, -0.2) is 29.2 Å². The highest BCUT2D eigenvalue weighted by Crippen LogP contribution is 2.26. The quantitative estimate of drug-likeness (QED) is 0.703. The number of benzene rings is 2. The van der Waals surface area contributed by atoms with Crippen molar-refractivity contribution in [2.24, 2.45) is 0 Å². The van der Waals surface area contributed by atoms with Crippen LogP contribution >= 0.6 is 0 Å². The molecule has 0 atom stereocenters. The van der Waals surface area contributed by atoms with Gasteiger partial charge in [0, 0.05) is 18.5 Å². The maximum Gasteiger partial charge on any atom is 0.267 e. The van der Waals surface area contributed by atoms with E-state index in [9.17, 15) is 14.7 Å². The molecule has 1 heterocycles. The van der Waals surface area contributed by atoms with Crippen LogP contribution in [0.3, 0.4) is 0 Å². The summed E-state index contributed by atoms with van der Waals surface area (Å²) in [7, 11) is 1.61. The first kappa shape index (κ1) is 18.5. The second-order valence-corrected chi connectivity index (χ2v) is 6.14. The normalized spacial score (nSPS) is 10.7. The number of amides is 1. The number of nitrogens with zero attached hydrogens (tertiary/aromatic N) is 1. The molecule has 0 spiro atoms. The fourth-order valence-corrected chi connectivity index (χ4v) is 3.11. The van der Waals surface area contributed by atoms with Crippen LogP contribution in [0.2, 0.25) is 0 Å². The Morgan fingerprint density at radius 3 is 2.52 bits per heavy atom. The lowest BCUT2D eigenvalue weighted by atomic mass is 10.1. The number of methoxy groups -OCH3 is 1. The standard InChI is InChI=1S/C21H22N2O4/c1-3-23-17-7-5-4-6-16(17)19(24)18(21(23)26)20(25)22-13-12-14-8-10-15(27-2)11-9-14/h4-11,24H,3,12-13H2,1-2H3,(H,22,25). The van der Waals surface area contributed by atoms with Crippen molar-refractivity contribution in [2.75, 3.05) is 13.7 Å². The number of ether oxygens (including phenoxy) is 1. The van der Waals surface area contributed by atoms with Crippen molar-refractivity contribution in [3.8, 4) is 11.5 Å². The molecule has 0 aliphatic carbocycles. The molecular weight excluding hydrogens is 344 g/mol. The number of aryl methyl sites for hydroxylation is 1. The molecule has 0 aliphatic heterocycles. The first-order chi connectivity index (χ1) is 13.1. The smallest absolute Gasteiger partial charge is 0.267 e. The van der Waals surface area contributed by atoms with E-state index in [1.165, 1.54) is 4.57 Å². The van der Waals surface area contributed by atoms with Crippen LogP contribution < -0.4 is 15.6 Å². The molecule has 27 heavy (non-hydrogen) atoms. The molecule has 0 bridgehead atoms. The third-order valence-electron chi connectivity index (χ3n) is 4.55. The van der Waals surface area contributed by atoms with Crippen LogP contribution in [0.1, 0.15) is 22.8 Å². The molecule has 1 amide bonds. The molecule has 0 fully saturated rings. The van der Waals surface area contributed by atoms with E-state index < -0.39 is 11.5 Å². The SMILES string of the molecule is CCn1c(=O)c(C(=O)NCCc2ccc(OC)cc2)c(O)c2ccccc21. The highest BCUT2D eigenvalue weighted by atomic mass is 16.5. The van der Waals surface area contributed by atoms with E-state index in [0.29, 0.717) is 30.4 Å². The molecule has 2 aromatic carbocycles. The Morgan fingerprint density at radius 2 is 1.85 bits per heavy atom. The van der Waals surface area contributed by atoms with Crippen molar-refractivity contribution in [3.63, 3.8) is 0 Å². The lowest BCUT2D eigenvalue weighted by Gasteiger charge is -2.13. The Balaban J connectivity index is 1.82. The summed E-state index contributed by atoms with van der Waals surface area (Å²) in [6, 6.07) is 14.6. The van der Waals surface area contributed by atoms with Gasteiger partial charge in [0.1, 0.15) is 17.1 Å². The number of carbonyl (C=O) groups excluding carboxylic acids is 1. The van der Waals surface area contributed by atoms with Gasteiger partial charge in [-0.15, -0.1) is 0 Å². The largest absolute Gasteiger partial charge is 0.506 e. The molecular formula is C21H22N2O4. The Hall–Kier alpha value is -3.28. The van der Waals surface area contributed by atoms with Crippen LogP contribution in [0.4, 0.5) is 0 Å². The molecule has 0 radical (unpaired) electrons. The van der Waals surface area contributed by atoms with E-state index in [2.05, 4.69) is 5.32 Å².